The van der Waals surface area contributed by atoms with Crippen molar-refractivity contribution in [3.63, 3.8) is 0 Å². The Hall–Kier alpha value is -0.320. The minimum atomic E-state index is -2.01. The molecule has 1 aromatic rings. The third-order valence-corrected chi connectivity index (χ3v) is 4.92. The third-order valence-electron chi connectivity index (χ3n) is 2.49. The molecule has 17 heavy (non-hydrogen) atoms. The zero-order valence-corrected chi connectivity index (χ0v) is 12.9. The summed E-state index contributed by atoms with van der Waals surface area (Å²) in [5.74, 6) is 0. The van der Waals surface area contributed by atoms with Crippen LogP contribution in [0.1, 0.15) is 11.1 Å². The van der Waals surface area contributed by atoms with Crippen LogP contribution in [0.2, 0.25) is 0 Å². The van der Waals surface area contributed by atoms with Crippen LogP contribution in [0.5, 0.6) is 0 Å². The van der Waals surface area contributed by atoms with Gasteiger partial charge in [-0.2, -0.15) is 0 Å². The smallest absolute Gasteiger partial charge is 0.0861 e. The lowest BCUT2D eigenvalue weighted by Gasteiger charge is -2.10. The summed E-state index contributed by atoms with van der Waals surface area (Å²) >= 11 is 0. The van der Waals surface area contributed by atoms with E-state index >= 15 is 0 Å². The Morgan fingerprint density at radius 1 is 0.941 bits per heavy atom. The molecule has 0 spiro atoms. The molecule has 0 amide bonds. The quantitative estimate of drug-likeness (QED) is 0.760. The zero-order chi connectivity index (χ0) is 13.1. The maximum atomic E-state index is 11.8. The summed E-state index contributed by atoms with van der Waals surface area (Å²) in [6, 6.07) is 8.15. The van der Waals surface area contributed by atoms with E-state index in [1.807, 2.05) is 38.8 Å². The molecule has 0 aliphatic rings. The number of hydrogen-bond acceptors (Lipinski definition) is 2. The Kier molecular flexibility index (Phi) is 4.81. The Morgan fingerprint density at radius 2 is 1.53 bits per heavy atom. The van der Waals surface area contributed by atoms with Gasteiger partial charge < -0.3 is 9.13 Å². The van der Waals surface area contributed by atoms with Crippen LogP contribution in [-0.4, -0.2) is 32.8 Å². The second-order valence-corrected chi connectivity index (χ2v) is 12.7. The first-order valence-corrected chi connectivity index (χ1v) is 11.4. The van der Waals surface area contributed by atoms with Gasteiger partial charge in [0.05, 0.1) is 14.3 Å². The van der Waals surface area contributed by atoms with Crippen LogP contribution < -0.4 is 0 Å². The van der Waals surface area contributed by atoms with Gasteiger partial charge in [0.15, 0.2) is 0 Å². The normalized spacial score (nSPS) is 12.7. The molecule has 1 rings (SSSR count). The van der Waals surface area contributed by atoms with Crippen molar-refractivity contribution < 1.29 is 9.13 Å². The Balaban J connectivity index is 2.73. The van der Waals surface area contributed by atoms with Gasteiger partial charge >= 0.3 is 0 Å². The molecule has 0 fully saturated rings. The molecule has 0 aliphatic heterocycles. The molecule has 0 unspecified atom stereocenters. The lowest BCUT2D eigenvalue weighted by molar-refractivity contribution is 0.580. The summed E-state index contributed by atoms with van der Waals surface area (Å²) in [4.78, 5) is 0. The molecule has 0 heterocycles. The largest absolute Gasteiger partial charge is 0.324 e. The van der Waals surface area contributed by atoms with E-state index in [1.54, 1.807) is 0 Å². The van der Waals surface area contributed by atoms with Crippen molar-refractivity contribution in [1.29, 1.82) is 0 Å². The Bertz CT molecular complexity index is 468. The first-order valence-electron chi connectivity index (χ1n) is 5.81. The van der Waals surface area contributed by atoms with Gasteiger partial charge in [0.2, 0.25) is 0 Å². The molecular formula is C13H22O2P2. The summed E-state index contributed by atoms with van der Waals surface area (Å²) in [5.41, 5.74) is 2.32. The molecule has 0 aliphatic carbocycles. The average molecular weight is 272 g/mol. The molecule has 96 valence electrons. The number of hydrogen-bond donors (Lipinski definition) is 0. The highest BCUT2D eigenvalue weighted by Gasteiger charge is 2.10. The van der Waals surface area contributed by atoms with Crippen LogP contribution in [-0.2, 0) is 21.7 Å². The van der Waals surface area contributed by atoms with Gasteiger partial charge in [-0.3, -0.25) is 0 Å². The van der Waals surface area contributed by atoms with Gasteiger partial charge in [0, 0.05) is 12.3 Å². The van der Waals surface area contributed by atoms with Crippen LogP contribution >= 0.6 is 14.3 Å². The van der Waals surface area contributed by atoms with E-state index in [9.17, 15) is 9.13 Å². The van der Waals surface area contributed by atoms with Crippen LogP contribution in [0.15, 0.2) is 24.3 Å². The number of rotatable bonds is 5. The molecular weight excluding hydrogens is 250 g/mol. The summed E-state index contributed by atoms with van der Waals surface area (Å²) in [6.45, 7) is 7.27. The van der Waals surface area contributed by atoms with Crippen LogP contribution in [0.3, 0.4) is 0 Å². The maximum absolute atomic E-state index is 11.8. The Labute approximate surface area is 105 Å². The lowest BCUT2D eigenvalue weighted by atomic mass is 10.1. The van der Waals surface area contributed by atoms with E-state index in [1.165, 1.54) is 5.56 Å². The van der Waals surface area contributed by atoms with Crippen molar-refractivity contribution in [1.82, 2.24) is 0 Å². The van der Waals surface area contributed by atoms with E-state index in [2.05, 4.69) is 12.1 Å². The van der Waals surface area contributed by atoms with Crippen molar-refractivity contribution in [3.8, 4) is 0 Å². The van der Waals surface area contributed by atoms with E-state index in [-0.39, 0.29) is 0 Å². The maximum Gasteiger partial charge on any atom is 0.0861 e. The predicted molar refractivity (Wildman–Crippen MR) is 77.6 cm³/mol. The number of aryl methyl sites for hydroxylation is 1. The molecule has 0 saturated carbocycles. The van der Waals surface area contributed by atoms with Gasteiger partial charge in [0.25, 0.3) is 0 Å². The Morgan fingerprint density at radius 3 is 2.06 bits per heavy atom. The summed E-state index contributed by atoms with van der Waals surface area (Å²) in [7, 11) is -3.96. The minimum absolute atomic E-state index is 0.650. The van der Waals surface area contributed by atoms with Crippen molar-refractivity contribution in [2.45, 2.75) is 12.6 Å². The van der Waals surface area contributed by atoms with Gasteiger partial charge in [-0.15, -0.1) is 0 Å². The molecule has 0 radical (unpaired) electrons. The highest BCUT2D eigenvalue weighted by molar-refractivity contribution is 7.62. The summed E-state index contributed by atoms with van der Waals surface area (Å²) < 4.78 is 23.4. The van der Waals surface area contributed by atoms with Crippen LogP contribution in [0, 0.1) is 0 Å². The molecule has 1 aromatic carbocycles. The van der Waals surface area contributed by atoms with Crippen LogP contribution in [0.4, 0.5) is 0 Å². The van der Waals surface area contributed by atoms with Crippen LogP contribution in [0.25, 0.3) is 0 Å². The lowest BCUT2D eigenvalue weighted by Crippen LogP contribution is -1.94. The average Bonchev–Trinajstić information content (AvgIpc) is 2.11. The van der Waals surface area contributed by atoms with Gasteiger partial charge in [-0.25, -0.2) is 0 Å². The molecule has 0 aromatic heterocycles. The molecule has 0 bridgehead atoms. The van der Waals surface area contributed by atoms with E-state index < -0.39 is 14.3 Å². The first-order chi connectivity index (χ1) is 7.66. The molecule has 2 nitrogen and oxygen atoms in total. The van der Waals surface area contributed by atoms with Crippen molar-refractivity contribution in [2.75, 3.05) is 32.8 Å². The highest BCUT2D eigenvalue weighted by atomic mass is 31.2. The summed E-state index contributed by atoms with van der Waals surface area (Å²) in [6.07, 6.45) is 2.24. The van der Waals surface area contributed by atoms with E-state index in [0.29, 0.717) is 6.16 Å². The fraction of sp³-hybridized carbons (Fsp3) is 0.538. The standard InChI is InChI=1S/C13H22O2P2/c1-16(2,14)9-8-12-6-5-7-13(10-12)11-17(3,4)15/h5-7,10H,8-9,11H2,1-4H3. The zero-order valence-electron chi connectivity index (χ0n) is 11.1. The second kappa shape index (κ2) is 5.55. The van der Waals surface area contributed by atoms with Gasteiger partial charge in [-0.1, -0.05) is 24.3 Å². The van der Waals surface area contributed by atoms with Crippen molar-refractivity contribution >= 4 is 14.3 Å². The SMILES string of the molecule is CP(C)(=O)CCc1cccc(CP(C)(C)=O)c1. The molecule has 4 heteroatoms. The topological polar surface area (TPSA) is 34.1 Å². The van der Waals surface area contributed by atoms with E-state index in [4.69, 9.17) is 0 Å². The van der Waals surface area contributed by atoms with Crippen molar-refractivity contribution in [2.24, 2.45) is 0 Å². The predicted octanol–water partition coefficient (Wildman–Crippen LogP) is 3.97. The monoisotopic (exact) mass is 272 g/mol. The second-order valence-electron chi connectivity index (χ2n) is 5.60. The fourth-order valence-corrected chi connectivity index (χ4v) is 3.59. The van der Waals surface area contributed by atoms with Crippen molar-refractivity contribution in [3.05, 3.63) is 35.4 Å². The van der Waals surface area contributed by atoms with E-state index in [0.717, 1.165) is 18.1 Å². The number of benzene rings is 1. The minimum Gasteiger partial charge on any atom is -0.324 e. The highest BCUT2D eigenvalue weighted by Crippen LogP contribution is 2.40. The fourth-order valence-electron chi connectivity index (χ4n) is 1.72. The first kappa shape index (κ1) is 14.7. The van der Waals surface area contributed by atoms with Gasteiger partial charge in [-0.05, 0) is 44.2 Å². The summed E-state index contributed by atoms with van der Waals surface area (Å²) in [5, 5.41) is 0. The molecule has 0 N–H and O–H groups in total. The molecule has 0 atom stereocenters. The molecule has 0 saturated heterocycles. The van der Waals surface area contributed by atoms with Gasteiger partial charge in [0.1, 0.15) is 0 Å². The third kappa shape index (κ3) is 6.86.